The third-order valence-electron chi connectivity index (χ3n) is 4.16. The zero-order valence-corrected chi connectivity index (χ0v) is 18.3. The van der Waals surface area contributed by atoms with E-state index in [2.05, 4.69) is 33.0 Å². The number of hydrogen-bond acceptors (Lipinski definition) is 7. The van der Waals surface area contributed by atoms with Crippen molar-refractivity contribution in [3.8, 4) is 0 Å². The van der Waals surface area contributed by atoms with Gasteiger partial charge in [0.2, 0.25) is 0 Å². The highest BCUT2D eigenvalue weighted by atomic mass is 28.4. The smallest absolute Gasteiger partial charge is 0.376 e. The Morgan fingerprint density at radius 3 is 0.870 bits per heavy atom. The molecule has 0 rings (SSSR count). The fourth-order valence-corrected chi connectivity index (χ4v) is 7.95. The second-order valence-corrected chi connectivity index (χ2v) is 12.1. The SMILES string of the molecule is CO[Si](OC)(OC)C(NC(C(C)C)[Si](OC)(OC)OC)C(C)C. The van der Waals surface area contributed by atoms with Crippen LogP contribution in [-0.4, -0.2) is 71.6 Å². The van der Waals surface area contributed by atoms with E-state index in [0.717, 1.165) is 0 Å². The van der Waals surface area contributed by atoms with Crippen molar-refractivity contribution < 1.29 is 26.6 Å². The van der Waals surface area contributed by atoms with Crippen LogP contribution in [0.4, 0.5) is 0 Å². The molecule has 140 valence electrons. The van der Waals surface area contributed by atoms with Gasteiger partial charge >= 0.3 is 17.6 Å². The van der Waals surface area contributed by atoms with Crippen molar-refractivity contribution in [2.45, 2.75) is 39.0 Å². The third-order valence-corrected chi connectivity index (χ3v) is 10.8. The fraction of sp³-hybridized carbons (Fsp3) is 1.00. The predicted octanol–water partition coefficient (Wildman–Crippen LogP) is 1.46. The standard InChI is InChI=1S/C14H35NO6Si2/c1-11(2)13(22(16-5,17-6)18-7)15-14(12(3)4)23(19-8,20-9)21-10/h11-15H,1-10H3. The highest BCUT2D eigenvalue weighted by Crippen LogP contribution is 2.25. The van der Waals surface area contributed by atoms with Gasteiger partial charge in [0.1, 0.15) is 0 Å². The molecule has 1 N–H and O–H groups in total. The quantitative estimate of drug-likeness (QED) is 0.522. The molecule has 0 radical (unpaired) electrons. The Morgan fingerprint density at radius 2 is 0.739 bits per heavy atom. The molecular weight excluding hydrogens is 334 g/mol. The molecule has 0 saturated heterocycles. The van der Waals surface area contributed by atoms with E-state index in [1.165, 1.54) is 0 Å². The maximum Gasteiger partial charge on any atom is 0.518 e. The highest BCUT2D eigenvalue weighted by molar-refractivity contribution is 6.64. The molecule has 0 amide bonds. The van der Waals surface area contributed by atoms with Gasteiger partial charge in [-0.05, 0) is 11.8 Å². The number of hydrogen-bond donors (Lipinski definition) is 1. The molecule has 9 heteroatoms. The molecule has 0 heterocycles. The van der Waals surface area contributed by atoms with Gasteiger partial charge in [0.15, 0.2) is 0 Å². The second-order valence-electron chi connectivity index (χ2n) is 6.04. The van der Waals surface area contributed by atoms with Crippen LogP contribution in [0.5, 0.6) is 0 Å². The Balaban J connectivity index is 5.75. The first-order valence-electron chi connectivity index (χ1n) is 7.81. The molecule has 0 aliphatic carbocycles. The molecule has 0 aliphatic rings. The minimum atomic E-state index is -2.89. The summed E-state index contributed by atoms with van der Waals surface area (Å²) in [5.74, 6) is 0.445. The van der Waals surface area contributed by atoms with Crippen LogP contribution in [0.25, 0.3) is 0 Å². The number of nitrogens with one attached hydrogen (secondary N) is 1. The van der Waals surface area contributed by atoms with Gasteiger partial charge in [-0.25, -0.2) is 0 Å². The second kappa shape index (κ2) is 10.2. The van der Waals surface area contributed by atoms with Crippen LogP contribution in [0.1, 0.15) is 27.7 Å². The van der Waals surface area contributed by atoms with E-state index in [1.54, 1.807) is 42.7 Å². The van der Waals surface area contributed by atoms with E-state index in [1.807, 2.05) is 0 Å². The Bertz CT molecular complexity index is 278. The summed E-state index contributed by atoms with van der Waals surface area (Å²) in [7, 11) is 3.93. The van der Waals surface area contributed by atoms with Crippen molar-refractivity contribution in [2.75, 3.05) is 42.7 Å². The van der Waals surface area contributed by atoms with E-state index >= 15 is 0 Å². The molecule has 0 aromatic carbocycles. The molecule has 0 saturated carbocycles. The molecule has 0 aromatic rings. The summed E-state index contributed by atoms with van der Waals surface area (Å²) in [6.07, 6.45) is 0. The Hall–Kier alpha value is 0.154. The van der Waals surface area contributed by atoms with Gasteiger partial charge in [0.25, 0.3) is 0 Å². The van der Waals surface area contributed by atoms with Gasteiger partial charge in [-0.1, -0.05) is 27.7 Å². The van der Waals surface area contributed by atoms with Crippen LogP contribution in [0.3, 0.4) is 0 Å². The first kappa shape index (κ1) is 23.2. The average molecular weight is 370 g/mol. The maximum atomic E-state index is 5.68. The van der Waals surface area contributed by atoms with E-state index in [-0.39, 0.29) is 23.2 Å². The Morgan fingerprint density at radius 1 is 0.522 bits per heavy atom. The maximum absolute atomic E-state index is 5.68. The van der Waals surface area contributed by atoms with Crippen LogP contribution in [0, 0.1) is 11.8 Å². The van der Waals surface area contributed by atoms with Crippen LogP contribution < -0.4 is 5.32 Å². The predicted molar refractivity (Wildman–Crippen MR) is 93.9 cm³/mol. The molecule has 2 unspecified atom stereocenters. The zero-order valence-electron chi connectivity index (χ0n) is 16.3. The molecular formula is C14H35NO6Si2. The summed E-state index contributed by atoms with van der Waals surface area (Å²) < 4.78 is 34.1. The Kier molecular flexibility index (Phi) is 10.3. The fourth-order valence-electron chi connectivity index (χ4n) is 2.86. The van der Waals surface area contributed by atoms with Gasteiger partial charge in [0, 0.05) is 42.7 Å². The van der Waals surface area contributed by atoms with E-state index in [4.69, 9.17) is 26.6 Å². The lowest BCUT2D eigenvalue weighted by Crippen LogP contribution is -2.71. The minimum Gasteiger partial charge on any atom is -0.376 e. The van der Waals surface area contributed by atoms with E-state index in [0.29, 0.717) is 0 Å². The summed E-state index contributed by atoms with van der Waals surface area (Å²) in [4.78, 5) is 0. The molecule has 0 fully saturated rings. The Labute approximate surface area is 143 Å². The monoisotopic (exact) mass is 369 g/mol. The van der Waals surface area contributed by atoms with Gasteiger partial charge in [-0.2, -0.15) is 0 Å². The number of rotatable bonds is 12. The molecule has 2 atom stereocenters. The molecule has 7 nitrogen and oxygen atoms in total. The van der Waals surface area contributed by atoms with Crippen LogP contribution in [-0.2, 0) is 26.6 Å². The third kappa shape index (κ3) is 5.06. The van der Waals surface area contributed by atoms with Crippen molar-refractivity contribution in [2.24, 2.45) is 11.8 Å². The summed E-state index contributed by atoms with van der Waals surface area (Å²) in [6, 6.07) is 0. The summed E-state index contributed by atoms with van der Waals surface area (Å²) >= 11 is 0. The first-order chi connectivity index (χ1) is 10.7. The lowest BCUT2D eigenvalue weighted by atomic mass is 10.2. The molecule has 0 aliphatic heterocycles. The molecule has 23 heavy (non-hydrogen) atoms. The van der Waals surface area contributed by atoms with Crippen molar-refractivity contribution in [1.29, 1.82) is 0 Å². The highest BCUT2D eigenvalue weighted by Gasteiger charge is 2.55. The van der Waals surface area contributed by atoms with Crippen molar-refractivity contribution in [1.82, 2.24) is 5.32 Å². The van der Waals surface area contributed by atoms with Gasteiger partial charge < -0.3 is 31.9 Å². The van der Waals surface area contributed by atoms with Crippen molar-refractivity contribution in [3.63, 3.8) is 0 Å². The van der Waals surface area contributed by atoms with E-state index in [9.17, 15) is 0 Å². The lowest BCUT2D eigenvalue weighted by molar-refractivity contribution is 0.0781. The van der Waals surface area contributed by atoms with Gasteiger partial charge in [-0.3, -0.25) is 0 Å². The topological polar surface area (TPSA) is 67.4 Å². The van der Waals surface area contributed by atoms with Gasteiger partial charge in [-0.15, -0.1) is 0 Å². The van der Waals surface area contributed by atoms with Gasteiger partial charge in [0.05, 0.1) is 11.3 Å². The minimum absolute atomic E-state index is 0.123. The van der Waals surface area contributed by atoms with Crippen molar-refractivity contribution >= 4 is 17.6 Å². The first-order valence-corrected chi connectivity index (χ1v) is 11.4. The van der Waals surface area contributed by atoms with E-state index < -0.39 is 17.6 Å². The molecule has 0 bridgehead atoms. The normalized spacial score (nSPS) is 16.2. The molecule has 0 aromatic heterocycles. The lowest BCUT2D eigenvalue weighted by Gasteiger charge is -2.42. The summed E-state index contributed by atoms with van der Waals surface area (Å²) in [6.45, 7) is 8.40. The van der Waals surface area contributed by atoms with Crippen LogP contribution in [0.2, 0.25) is 0 Å². The molecule has 0 spiro atoms. The largest absolute Gasteiger partial charge is 0.518 e. The average Bonchev–Trinajstić information content (AvgIpc) is 2.55. The summed E-state index contributed by atoms with van der Waals surface area (Å²) in [5.41, 5.74) is -0.246. The van der Waals surface area contributed by atoms with Crippen LogP contribution in [0.15, 0.2) is 0 Å². The summed E-state index contributed by atoms with van der Waals surface area (Å²) in [5, 5.41) is 3.61. The zero-order chi connectivity index (χ0) is 18.3. The van der Waals surface area contributed by atoms with Crippen molar-refractivity contribution in [3.05, 3.63) is 0 Å². The van der Waals surface area contributed by atoms with Crippen LogP contribution >= 0.6 is 0 Å².